The fraction of sp³-hybridized carbons (Fsp3) is 0.278. The van der Waals surface area contributed by atoms with Crippen LogP contribution in [0, 0.1) is 12.8 Å². The molecular weight excluding hydrogens is 338 g/mol. The molecule has 0 fully saturated rings. The SMILES string of the molecule is Cc1ccc2nc(NC(=O)C(NC(=O)c3ccco3)C(C)C)sc2c1. The largest absolute Gasteiger partial charge is 0.459 e. The van der Waals surface area contributed by atoms with Gasteiger partial charge in [0.15, 0.2) is 10.9 Å². The number of nitrogens with zero attached hydrogens (tertiary/aromatic N) is 1. The summed E-state index contributed by atoms with van der Waals surface area (Å²) >= 11 is 1.41. The molecule has 1 atom stereocenters. The monoisotopic (exact) mass is 357 g/mol. The predicted molar refractivity (Wildman–Crippen MR) is 97.8 cm³/mol. The highest BCUT2D eigenvalue weighted by molar-refractivity contribution is 7.22. The highest BCUT2D eigenvalue weighted by atomic mass is 32.1. The van der Waals surface area contributed by atoms with Gasteiger partial charge in [-0.05, 0) is 42.7 Å². The first kappa shape index (κ1) is 17.2. The van der Waals surface area contributed by atoms with Crippen LogP contribution in [0.1, 0.15) is 30.0 Å². The molecule has 2 aromatic heterocycles. The first-order valence-corrected chi connectivity index (χ1v) is 8.78. The van der Waals surface area contributed by atoms with Gasteiger partial charge in [0.1, 0.15) is 6.04 Å². The van der Waals surface area contributed by atoms with E-state index in [-0.39, 0.29) is 17.6 Å². The highest BCUT2D eigenvalue weighted by Crippen LogP contribution is 2.27. The second kappa shape index (κ2) is 7.06. The third-order valence-corrected chi connectivity index (χ3v) is 4.69. The second-order valence-corrected chi connectivity index (χ2v) is 7.18. The van der Waals surface area contributed by atoms with E-state index in [4.69, 9.17) is 4.42 Å². The van der Waals surface area contributed by atoms with Gasteiger partial charge in [0.05, 0.1) is 16.5 Å². The van der Waals surface area contributed by atoms with E-state index in [2.05, 4.69) is 15.6 Å². The van der Waals surface area contributed by atoms with Crippen molar-refractivity contribution >= 4 is 38.5 Å². The number of fused-ring (bicyclic) bond motifs is 1. The maximum absolute atomic E-state index is 12.6. The maximum Gasteiger partial charge on any atom is 0.287 e. The zero-order valence-electron chi connectivity index (χ0n) is 14.2. The molecule has 3 aromatic rings. The molecule has 0 aliphatic heterocycles. The van der Waals surface area contributed by atoms with Gasteiger partial charge in [-0.1, -0.05) is 31.3 Å². The summed E-state index contributed by atoms with van der Waals surface area (Å²) in [6.45, 7) is 5.75. The average Bonchev–Trinajstić information content (AvgIpc) is 3.20. The maximum atomic E-state index is 12.6. The average molecular weight is 357 g/mol. The molecule has 1 aromatic carbocycles. The topological polar surface area (TPSA) is 84.2 Å². The number of thiazole rings is 1. The Balaban J connectivity index is 1.74. The van der Waals surface area contributed by atoms with Crippen molar-refractivity contribution in [3.63, 3.8) is 0 Å². The Hall–Kier alpha value is -2.67. The molecule has 130 valence electrons. The van der Waals surface area contributed by atoms with Gasteiger partial charge >= 0.3 is 0 Å². The number of aromatic nitrogens is 1. The van der Waals surface area contributed by atoms with Crippen LogP contribution in [0.2, 0.25) is 0 Å². The quantitative estimate of drug-likeness (QED) is 0.731. The van der Waals surface area contributed by atoms with E-state index < -0.39 is 11.9 Å². The molecule has 25 heavy (non-hydrogen) atoms. The third kappa shape index (κ3) is 3.88. The van der Waals surface area contributed by atoms with Gasteiger partial charge in [0.2, 0.25) is 5.91 Å². The number of carbonyl (C=O) groups is 2. The number of rotatable bonds is 5. The Kier molecular flexibility index (Phi) is 4.85. The van der Waals surface area contributed by atoms with E-state index >= 15 is 0 Å². The number of anilines is 1. The summed E-state index contributed by atoms with van der Waals surface area (Å²) in [5.41, 5.74) is 1.98. The molecular formula is C18H19N3O3S. The van der Waals surface area contributed by atoms with Gasteiger partial charge in [-0.25, -0.2) is 4.98 Å². The Morgan fingerprint density at radius 1 is 1.24 bits per heavy atom. The Morgan fingerprint density at radius 3 is 2.72 bits per heavy atom. The van der Waals surface area contributed by atoms with Gasteiger partial charge < -0.3 is 15.1 Å². The molecule has 0 spiro atoms. The number of hydrogen-bond acceptors (Lipinski definition) is 5. The van der Waals surface area contributed by atoms with Crippen molar-refractivity contribution in [2.75, 3.05) is 5.32 Å². The van der Waals surface area contributed by atoms with Gasteiger partial charge in [-0.15, -0.1) is 0 Å². The number of nitrogens with one attached hydrogen (secondary N) is 2. The van der Waals surface area contributed by atoms with Crippen molar-refractivity contribution in [1.82, 2.24) is 10.3 Å². The minimum atomic E-state index is -0.689. The summed E-state index contributed by atoms with van der Waals surface area (Å²) in [4.78, 5) is 29.2. The molecule has 0 bridgehead atoms. The van der Waals surface area contributed by atoms with Crippen LogP contribution in [0.15, 0.2) is 41.0 Å². The van der Waals surface area contributed by atoms with Crippen molar-refractivity contribution in [2.24, 2.45) is 5.92 Å². The zero-order chi connectivity index (χ0) is 18.0. The standard InChI is InChI=1S/C18H19N3O3S/c1-10(2)15(20-16(22)13-5-4-8-24-13)17(23)21-18-19-12-7-6-11(3)9-14(12)25-18/h4-10,15H,1-3H3,(H,20,22)(H,19,21,23). The molecule has 0 saturated carbocycles. The number of amides is 2. The minimum Gasteiger partial charge on any atom is -0.459 e. The normalized spacial score (nSPS) is 12.3. The number of hydrogen-bond donors (Lipinski definition) is 2. The van der Waals surface area contributed by atoms with E-state index in [1.807, 2.05) is 39.0 Å². The van der Waals surface area contributed by atoms with Crippen LogP contribution in [0.5, 0.6) is 0 Å². The molecule has 0 radical (unpaired) electrons. The van der Waals surface area contributed by atoms with Crippen LogP contribution in [0.4, 0.5) is 5.13 Å². The summed E-state index contributed by atoms with van der Waals surface area (Å²) in [7, 11) is 0. The van der Waals surface area contributed by atoms with Crippen LogP contribution in [-0.4, -0.2) is 22.8 Å². The second-order valence-electron chi connectivity index (χ2n) is 6.15. The summed E-state index contributed by atoms with van der Waals surface area (Å²) in [5.74, 6) is -0.631. The summed E-state index contributed by atoms with van der Waals surface area (Å²) < 4.78 is 6.08. The van der Waals surface area contributed by atoms with Crippen LogP contribution >= 0.6 is 11.3 Å². The minimum absolute atomic E-state index is 0.0875. The number of benzene rings is 1. The smallest absolute Gasteiger partial charge is 0.287 e. The lowest BCUT2D eigenvalue weighted by atomic mass is 10.0. The molecule has 0 aliphatic carbocycles. The van der Waals surface area contributed by atoms with Crippen molar-refractivity contribution in [3.05, 3.63) is 47.9 Å². The summed E-state index contributed by atoms with van der Waals surface area (Å²) in [6, 6.07) is 8.43. The van der Waals surface area contributed by atoms with Crippen LogP contribution < -0.4 is 10.6 Å². The summed E-state index contributed by atoms with van der Waals surface area (Å²) in [6.07, 6.45) is 1.42. The lowest BCUT2D eigenvalue weighted by Crippen LogP contribution is -2.47. The van der Waals surface area contributed by atoms with Crippen LogP contribution in [-0.2, 0) is 4.79 Å². The van der Waals surface area contributed by atoms with Gasteiger partial charge in [-0.3, -0.25) is 9.59 Å². The van der Waals surface area contributed by atoms with E-state index in [9.17, 15) is 9.59 Å². The predicted octanol–water partition coefficient (Wildman–Crippen LogP) is 3.59. The number of furan rings is 1. The molecule has 0 aliphatic rings. The third-order valence-electron chi connectivity index (χ3n) is 3.75. The molecule has 2 N–H and O–H groups in total. The van der Waals surface area contributed by atoms with Crippen LogP contribution in [0.25, 0.3) is 10.2 Å². The first-order valence-electron chi connectivity index (χ1n) is 7.96. The molecule has 0 saturated heterocycles. The fourth-order valence-electron chi connectivity index (χ4n) is 2.42. The van der Waals surface area contributed by atoms with Crippen molar-refractivity contribution in [3.8, 4) is 0 Å². The Labute approximate surface area is 149 Å². The molecule has 2 amide bonds. The Bertz CT molecular complexity index is 900. The molecule has 7 heteroatoms. The lowest BCUT2D eigenvalue weighted by Gasteiger charge is -2.20. The summed E-state index contributed by atoms with van der Waals surface area (Å²) in [5, 5.41) is 6.04. The van der Waals surface area contributed by atoms with Gasteiger partial charge in [0, 0.05) is 0 Å². The van der Waals surface area contributed by atoms with Crippen molar-refractivity contribution < 1.29 is 14.0 Å². The number of aryl methyl sites for hydroxylation is 1. The van der Waals surface area contributed by atoms with Crippen LogP contribution in [0.3, 0.4) is 0 Å². The zero-order valence-corrected chi connectivity index (χ0v) is 15.0. The van der Waals surface area contributed by atoms with E-state index in [1.165, 1.54) is 17.6 Å². The molecule has 1 unspecified atom stereocenters. The molecule has 6 nitrogen and oxygen atoms in total. The van der Waals surface area contributed by atoms with Crippen molar-refractivity contribution in [2.45, 2.75) is 26.8 Å². The van der Waals surface area contributed by atoms with E-state index in [1.54, 1.807) is 12.1 Å². The Morgan fingerprint density at radius 2 is 2.04 bits per heavy atom. The molecule has 3 rings (SSSR count). The number of carbonyl (C=O) groups excluding carboxylic acids is 2. The first-order chi connectivity index (χ1) is 11.9. The lowest BCUT2D eigenvalue weighted by molar-refractivity contribution is -0.118. The van der Waals surface area contributed by atoms with E-state index in [0.717, 1.165) is 15.8 Å². The highest BCUT2D eigenvalue weighted by Gasteiger charge is 2.26. The van der Waals surface area contributed by atoms with E-state index in [0.29, 0.717) is 5.13 Å². The van der Waals surface area contributed by atoms with Gasteiger partial charge in [-0.2, -0.15) is 0 Å². The van der Waals surface area contributed by atoms with Crippen molar-refractivity contribution in [1.29, 1.82) is 0 Å². The van der Waals surface area contributed by atoms with Gasteiger partial charge in [0.25, 0.3) is 5.91 Å². The fourth-order valence-corrected chi connectivity index (χ4v) is 3.39. The molecule has 2 heterocycles.